The third-order valence-electron chi connectivity index (χ3n) is 4.13. The molecule has 1 unspecified atom stereocenters. The fourth-order valence-electron chi connectivity index (χ4n) is 2.84. The quantitative estimate of drug-likeness (QED) is 0.900. The van der Waals surface area contributed by atoms with Crippen molar-refractivity contribution in [3.63, 3.8) is 0 Å². The van der Waals surface area contributed by atoms with E-state index in [9.17, 15) is 14.7 Å². The minimum absolute atomic E-state index is 0.245. The Bertz CT molecular complexity index is 526. The van der Waals surface area contributed by atoms with Gasteiger partial charge in [0.15, 0.2) is 0 Å². The van der Waals surface area contributed by atoms with Gasteiger partial charge in [-0.2, -0.15) is 0 Å². The number of carboxylic acid groups (broad SMARTS) is 1. The topological polar surface area (TPSA) is 73.7 Å². The van der Waals surface area contributed by atoms with Gasteiger partial charge in [-0.05, 0) is 45.2 Å². The van der Waals surface area contributed by atoms with Gasteiger partial charge in [0.25, 0.3) is 5.91 Å². The number of hydrogen-bond donors (Lipinski definition) is 1. The lowest BCUT2D eigenvalue weighted by Gasteiger charge is -2.33. The number of piperidine rings is 1. The lowest BCUT2D eigenvalue weighted by atomic mass is 10.0. The highest BCUT2D eigenvalue weighted by Crippen LogP contribution is 2.20. The lowest BCUT2D eigenvalue weighted by Crippen LogP contribution is -2.48. The second kappa shape index (κ2) is 7.24. The standard InChI is InChI=1S/C16H23N3O3/c1-3-18(4-2)14-9-8-12(11-17-14)15(20)19-10-6-5-7-13(19)16(21)22/h8-9,11,13H,3-7,10H2,1-2H3,(H,21,22). The predicted octanol–water partition coefficient (Wildman–Crippen LogP) is 2.01. The van der Waals surface area contributed by atoms with Gasteiger partial charge < -0.3 is 14.9 Å². The number of aromatic nitrogens is 1. The Labute approximate surface area is 130 Å². The zero-order valence-corrected chi connectivity index (χ0v) is 13.2. The lowest BCUT2D eigenvalue weighted by molar-refractivity contribution is -0.143. The summed E-state index contributed by atoms with van der Waals surface area (Å²) in [5, 5.41) is 9.27. The highest BCUT2D eigenvalue weighted by Gasteiger charge is 2.32. The summed E-state index contributed by atoms with van der Waals surface area (Å²) in [5.74, 6) is -0.346. The van der Waals surface area contributed by atoms with E-state index in [0.717, 1.165) is 31.7 Å². The molecule has 1 N–H and O–H groups in total. The summed E-state index contributed by atoms with van der Waals surface area (Å²) in [4.78, 5) is 31.7. The van der Waals surface area contributed by atoms with Crippen LogP contribution in [-0.2, 0) is 4.79 Å². The molecule has 1 fully saturated rings. The Morgan fingerprint density at radius 2 is 2.05 bits per heavy atom. The monoisotopic (exact) mass is 305 g/mol. The van der Waals surface area contributed by atoms with E-state index >= 15 is 0 Å². The van der Waals surface area contributed by atoms with E-state index < -0.39 is 12.0 Å². The molecule has 1 aromatic heterocycles. The molecule has 0 spiro atoms. The zero-order chi connectivity index (χ0) is 16.1. The molecule has 0 aliphatic carbocycles. The molecule has 1 atom stereocenters. The van der Waals surface area contributed by atoms with Crippen molar-refractivity contribution in [1.82, 2.24) is 9.88 Å². The number of pyridine rings is 1. The van der Waals surface area contributed by atoms with Gasteiger partial charge >= 0.3 is 5.97 Å². The van der Waals surface area contributed by atoms with Crippen molar-refractivity contribution in [2.45, 2.75) is 39.2 Å². The van der Waals surface area contributed by atoms with Crippen molar-refractivity contribution in [3.05, 3.63) is 23.9 Å². The molecule has 1 amide bonds. The van der Waals surface area contributed by atoms with Crippen molar-refractivity contribution >= 4 is 17.7 Å². The average Bonchev–Trinajstić information content (AvgIpc) is 2.56. The molecule has 2 rings (SSSR count). The summed E-state index contributed by atoms with van der Waals surface area (Å²) in [6, 6.07) is 2.83. The molecule has 0 bridgehead atoms. The molecule has 1 saturated heterocycles. The first-order chi connectivity index (χ1) is 10.6. The van der Waals surface area contributed by atoms with Gasteiger partial charge in [-0.3, -0.25) is 4.79 Å². The summed E-state index contributed by atoms with van der Waals surface area (Å²) in [6.45, 7) is 6.30. The molecular formula is C16H23N3O3. The number of aliphatic carboxylic acids is 1. The summed E-state index contributed by atoms with van der Waals surface area (Å²) in [5.41, 5.74) is 0.448. The molecule has 6 heteroatoms. The maximum absolute atomic E-state index is 12.5. The first-order valence-corrected chi connectivity index (χ1v) is 7.83. The van der Waals surface area contributed by atoms with Crippen LogP contribution in [0.5, 0.6) is 0 Å². The summed E-state index contributed by atoms with van der Waals surface area (Å²) in [7, 11) is 0. The highest BCUT2D eigenvalue weighted by atomic mass is 16.4. The van der Waals surface area contributed by atoms with Gasteiger partial charge in [0.2, 0.25) is 0 Å². The molecule has 0 radical (unpaired) electrons. The summed E-state index contributed by atoms with van der Waals surface area (Å²) < 4.78 is 0. The number of carboxylic acids is 1. The molecule has 0 aromatic carbocycles. The molecule has 2 heterocycles. The minimum Gasteiger partial charge on any atom is -0.480 e. The number of carbonyl (C=O) groups is 2. The molecular weight excluding hydrogens is 282 g/mol. The van der Waals surface area contributed by atoms with Gasteiger partial charge in [0.1, 0.15) is 11.9 Å². The Balaban J connectivity index is 2.16. The number of nitrogens with zero attached hydrogens (tertiary/aromatic N) is 3. The zero-order valence-electron chi connectivity index (χ0n) is 13.2. The normalized spacial score (nSPS) is 18.1. The Morgan fingerprint density at radius 3 is 2.59 bits per heavy atom. The summed E-state index contributed by atoms with van der Waals surface area (Å²) in [6.07, 6.45) is 3.76. The third kappa shape index (κ3) is 3.37. The molecule has 22 heavy (non-hydrogen) atoms. The number of hydrogen-bond acceptors (Lipinski definition) is 4. The molecule has 0 saturated carbocycles. The van der Waals surface area contributed by atoms with E-state index in [4.69, 9.17) is 0 Å². The van der Waals surface area contributed by atoms with Crippen LogP contribution in [0.15, 0.2) is 18.3 Å². The van der Waals surface area contributed by atoms with Crippen LogP contribution in [-0.4, -0.2) is 52.5 Å². The third-order valence-corrected chi connectivity index (χ3v) is 4.13. The molecule has 120 valence electrons. The fraction of sp³-hybridized carbons (Fsp3) is 0.562. The van der Waals surface area contributed by atoms with Crippen LogP contribution < -0.4 is 4.90 Å². The smallest absolute Gasteiger partial charge is 0.326 e. The first-order valence-electron chi connectivity index (χ1n) is 7.83. The molecule has 1 aliphatic rings. The number of likely N-dealkylation sites (tertiary alicyclic amines) is 1. The molecule has 6 nitrogen and oxygen atoms in total. The number of anilines is 1. The van der Waals surface area contributed by atoms with Crippen LogP contribution in [0.4, 0.5) is 5.82 Å². The van der Waals surface area contributed by atoms with E-state index in [1.54, 1.807) is 12.3 Å². The van der Waals surface area contributed by atoms with Crippen molar-refractivity contribution in [2.75, 3.05) is 24.5 Å². The molecule has 1 aromatic rings. The average molecular weight is 305 g/mol. The predicted molar refractivity (Wildman–Crippen MR) is 84.1 cm³/mol. The van der Waals surface area contributed by atoms with Gasteiger partial charge in [0.05, 0.1) is 5.56 Å². The SMILES string of the molecule is CCN(CC)c1ccc(C(=O)N2CCCCC2C(=O)O)cn1. The minimum atomic E-state index is -0.930. The van der Waals surface area contributed by atoms with E-state index in [2.05, 4.69) is 23.7 Å². The van der Waals surface area contributed by atoms with Crippen LogP contribution in [0.1, 0.15) is 43.5 Å². The van der Waals surface area contributed by atoms with Gasteiger partial charge in [-0.1, -0.05) is 0 Å². The fourth-order valence-corrected chi connectivity index (χ4v) is 2.84. The second-order valence-corrected chi connectivity index (χ2v) is 5.43. The van der Waals surface area contributed by atoms with Crippen LogP contribution in [0.3, 0.4) is 0 Å². The van der Waals surface area contributed by atoms with Gasteiger partial charge in [-0.25, -0.2) is 9.78 Å². The van der Waals surface area contributed by atoms with Crippen LogP contribution in [0.2, 0.25) is 0 Å². The summed E-state index contributed by atoms with van der Waals surface area (Å²) >= 11 is 0. The van der Waals surface area contributed by atoms with Crippen molar-refractivity contribution in [1.29, 1.82) is 0 Å². The van der Waals surface area contributed by atoms with E-state index in [-0.39, 0.29) is 5.91 Å². The Morgan fingerprint density at radius 1 is 1.32 bits per heavy atom. The van der Waals surface area contributed by atoms with Crippen molar-refractivity contribution < 1.29 is 14.7 Å². The number of rotatable bonds is 5. The maximum Gasteiger partial charge on any atom is 0.326 e. The van der Waals surface area contributed by atoms with E-state index in [1.165, 1.54) is 4.90 Å². The maximum atomic E-state index is 12.5. The van der Waals surface area contributed by atoms with Crippen molar-refractivity contribution in [2.24, 2.45) is 0 Å². The first kappa shape index (κ1) is 16.3. The van der Waals surface area contributed by atoms with E-state index in [0.29, 0.717) is 18.5 Å². The highest BCUT2D eigenvalue weighted by molar-refractivity contribution is 5.96. The Hall–Kier alpha value is -2.11. The second-order valence-electron chi connectivity index (χ2n) is 5.43. The van der Waals surface area contributed by atoms with Crippen LogP contribution in [0.25, 0.3) is 0 Å². The van der Waals surface area contributed by atoms with Crippen molar-refractivity contribution in [3.8, 4) is 0 Å². The van der Waals surface area contributed by atoms with Gasteiger partial charge in [-0.15, -0.1) is 0 Å². The van der Waals surface area contributed by atoms with Crippen LogP contribution in [0, 0.1) is 0 Å². The van der Waals surface area contributed by atoms with Gasteiger partial charge in [0, 0.05) is 25.8 Å². The van der Waals surface area contributed by atoms with E-state index in [1.807, 2.05) is 6.07 Å². The van der Waals surface area contributed by atoms with Crippen LogP contribution >= 0.6 is 0 Å². The largest absolute Gasteiger partial charge is 0.480 e. The number of amides is 1. The Kier molecular flexibility index (Phi) is 5.35. The molecule has 1 aliphatic heterocycles. The number of carbonyl (C=O) groups excluding carboxylic acids is 1.